The van der Waals surface area contributed by atoms with Crippen LogP contribution < -0.4 is 10.2 Å². The molecule has 0 fully saturated rings. The van der Waals surface area contributed by atoms with E-state index in [1.54, 1.807) is 17.5 Å². The maximum Gasteiger partial charge on any atom is 0.227 e. The molecule has 7 heteroatoms. The molecule has 1 N–H and O–H groups in total. The van der Waals surface area contributed by atoms with Gasteiger partial charge in [0.05, 0.1) is 16.3 Å². The fraction of sp³-hybridized carbons (Fsp3) is 0.133. The van der Waals surface area contributed by atoms with E-state index >= 15 is 0 Å². The Hall–Kier alpha value is -1.48. The third-order valence-electron chi connectivity index (χ3n) is 3.22. The lowest BCUT2D eigenvalue weighted by Gasteiger charge is -2.07. The Kier molecular flexibility index (Phi) is 4.44. The first kappa shape index (κ1) is 15.4. The number of hydrogen-bond acceptors (Lipinski definition) is 5. The maximum absolute atomic E-state index is 4.61. The van der Waals surface area contributed by atoms with Gasteiger partial charge in [0.25, 0.3) is 0 Å². The average Bonchev–Trinajstić information content (AvgIpc) is 2.82. The van der Waals surface area contributed by atoms with Crippen molar-refractivity contribution in [2.45, 2.75) is 13.8 Å². The number of nitrogens with one attached hydrogen (secondary N) is 1. The van der Waals surface area contributed by atoms with E-state index in [1.807, 2.05) is 26.9 Å². The van der Waals surface area contributed by atoms with Crippen LogP contribution in [0.15, 0.2) is 30.5 Å². The second-order valence-corrected chi connectivity index (χ2v) is 7.37. The Morgan fingerprint density at radius 2 is 2.00 bits per heavy atom. The van der Waals surface area contributed by atoms with Crippen LogP contribution in [0.5, 0.6) is 0 Å². The molecule has 0 spiro atoms. The Morgan fingerprint density at radius 1 is 1.18 bits per heavy atom. The van der Waals surface area contributed by atoms with Crippen LogP contribution in [0.4, 0.5) is 11.6 Å². The molecule has 4 nitrogen and oxygen atoms in total. The molecule has 3 rings (SSSR count). The highest BCUT2D eigenvalue weighted by molar-refractivity contribution is 14.1. The molecule has 22 heavy (non-hydrogen) atoms. The summed E-state index contributed by atoms with van der Waals surface area (Å²) in [5.74, 6) is 0.600. The summed E-state index contributed by atoms with van der Waals surface area (Å²) in [7, 11) is 2.01. The van der Waals surface area contributed by atoms with Crippen LogP contribution in [-0.4, -0.2) is 22.8 Å². The molecular weight excluding hydrogens is 406 g/mol. The highest BCUT2D eigenvalue weighted by Crippen LogP contribution is 2.25. The Balaban J connectivity index is 1.91. The van der Waals surface area contributed by atoms with E-state index in [1.165, 1.54) is 9.13 Å². The van der Waals surface area contributed by atoms with Crippen LogP contribution in [-0.2, 0) is 0 Å². The zero-order chi connectivity index (χ0) is 15.7. The van der Waals surface area contributed by atoms with E-state index in [0.29, 0.717) is 5.95 Å². The van der Waals surface area contributed by atoms with Gasteiger partial charge in [-0.15, -0.1) is 11.3 Å². The normalized spacial score (nSPS) is 10.7. The van der Waals surface area contributed by atoms with Crippen molar-refractivity contribution in [1.82, 2.24) is 15.0 Å². The van der Waals surface area contributed by atoms with Crippen molar-refractivity contribution in [3.05, 3.63) is 45.3 Å². The van der Waals surface area contributed by atoms with Crippen molar-refractivity contribution in [2.24, 2.45) is 0 Å². The number of benzene rings is 1. The summed E-state index contributed by atoms with van der Waals surface area (Å²) in [5, 5.41) is 3.27. The number of anilines is 2. The molecule has 0 aliphatic rings. The fourth-order valence-electron chi connectivity index (χ4n) is 2.11. The highest BCUT2D eigenvalue weighted by atomic mass is 127. The van der Waals surface area contributed by atoms with Gasteiger partial charge in [-0.05, 0) is 60.2 Å². The van der Waals surface area contributed by atoms with Gasteiger partial charge in [-0.3, -0.25) is 4.98 Å². The summed E-state index contributed by atoms with van der Waals surface area (Å²) in [6, 6.07) is 8.14. The first-order valence-electron chi connectivity index (χ1n) is 6.83. The van der Waals surface area contributed by atoms with Crippen molar-refractivity contribution in [2.75, 3.05) is 5.32 Å². The third-order valence-corrected chi connectivity index (χ3v) is 5.48. The van der Waals surface area contributed by atoms with Gasteiger partial charge in [0, 0.05) is 20.4 Å². The summed E-state index contributed by atoms with van der Waals surface area (Å²) in [6.45, 7) is 4.11. The number of hydrogen-bond donors (Lipinski definition) is 1. The Bertz CT molecular complexity index is 834. The van der Waals surface area contributed by atoms with Crippen LogP contribution in [0.2, 0.25) is 0 Å². The number of nitrogens with zero attached hydrogens (tertiary/aromatic N) is 3. The lowest BCUT2D eigenvalue weighted by Crippen LogP contribution is -1.98. The molecule has 0 saturated heterocycles. The van der Waals surface area contributed by atoms with Gasteiger partial charge in [-0.25, -0.2) is 9.97 Å². The average molecular weight is 420 g/mol. The van der Waals surface area contributed by atoms with Crippen LogP contribution in [0.25, 0.3) is 10.6 Å². The summed E-state index contributed by atoms with van der Waals surface area (Å²) >= 11 is 3.98. The zero-order valence-corrected chi connectivity index (χ0v) is 15.5. The minimum Gasteiger partial charge on any atom is -0.324 e. The van der Waals surface area contributed by atoms with E-state index < -0.39 is 0 Å². The Labute approximate surface area is 148 Å². The standard InChI is InChI=1S/C15H14BIN4S/c1-8-3-4-10(7-11(8)17)20-15-18-6-5-12(21-15)13-9(2)19-14(16)22-13/h3-7H,16H2,1-2H3,(H,18,20,21). The molecule has 0 amide bonds. The van der Waals surface area contributed by atoms with Crippen molar-refractivity contribution >= 4 is 58.3 Å². The van der Waals surface area contributed by atoms with Gasteiger partial charge in [0.1, 0.15) is 0 Å². The fourth-order valence-corrected chi connectivity index (χ4v) is 3.52. The van der Waals surface area contributed by atoms with Crippen LogP contribution >= 0.6 is 33.9 Å². The molecule has 2 heterocycles. The maximum atomic E-state index is 4.61. The summed E-state index contributed by atoms with van der Waals surface area (Å²) in [4.78, 5) is 15.5. The largest absolute Gasteiger partial charge is 0.324 e. The monoisotopic (exact) mass is 420 g/mol. The third kappa shape index (κ3) is 3.30. The highest BCUT2D eigenvalue weighted by Gasteiger charge is 2.10. The summed E-state index contributed by atoms with van der Waals surface area (Å²) in [5.41, 5.74) is 4.17. The SMILES string of the molecule is Bc1nc(C)c(-c2ccnc(Nc3ccc(C)c(I)c3)n2)s1. The number of thiazole rings is 1. The lowest BCUT2D eigenvalue weighted by atomic mass is 10.2. The number of aromatic nitrogens is 3. The van der Waals surface area contributed by atoms with Gasteiger partial charge in [-0.1, -0.05) is 6.07 Å². The first-order chi connectivity index (χ1) is 10.5. The molecule has 2 aromatic heterocycles. The van der Waals surface area contributed by atoms with Gasteiger partial charge in [0.15, 0.2) is 7.85 Å². The molecular formula is C15H14BIN4S. The van der Waals surface area contributed by atoms with Crippen molar-refractivity contribution in [1.29, 1.82) is 0 Å². The van der Waals surface area contributed by atoms with Gasteiger partial charge in [0.2, 0.25) is 5.95 Å². The minimum atomic E-state index is 0.600. The first-order valence-corrected chi connectivity index (χ1v) is 8.73. The number of rotatable bonds is 3. The molecule has 110 valence electrons. The van der Waals surface area contributed by atoms with E-state index in [2.05, 4.69) is 61.9 Å². The van der Waals surface area contributed by atoms with Crippen LogP contribution in [0.1, 0.15) is 11.3 Å². The lowest BCUT2D eigenvalue weighted by molar-refractivity contribution is 1.16. The predicted octanol–water partition coefficient (Wildman–Crippen LogP) is 2.82. The molecule has 0 saturated carbocycles. The number of aryl methyl sites for hydroxylation is 2. The predicted molar refractivity (Wildman–Crippen MR) is 103 cm³/mol. The van der Waals surface area contributed by atoms with Crippen LogP contribution in [0.3, 0.4) is 0 Å². The van der Waals surface area contributed by atoms with Crippen molar-refractivity contribution in [3.63, 3.8) is 0 Å². The van der Waals surface area contributed by atoms with E-state index in [-0.39, 0.29) is 0 Å². The minimum absolute atomic E-state index is 0.600. The quantitative estimate of drug-likeness (QED) is 0.523. The molecule has 3 aromatic rings. The van der Waals surface area contributed by atoms with Crippen molar-refractivity contribution < 1.29 is 0 Å². The van der Waals surface area contributed by atoms with Crippen LogP contribution in [0, 0.1) is 17.4 Å². The van der Waals surface area contributed by atoms with Gasteiger partial charge < -0.3 is 5.32 Å². The van der Waals surface area contributed by atoms with E-state index in [9.17, 15) is 0 Å². The molecule has 0 atom stereocenters. The number of halogens is 1. The molecule has 0 bridgehead atoms. The zero-order valence-electron chi connectivity index (χ0n) is 12.5. The van der Waals surface area contributed by atoms with Crippen molar-refractivity contribution in [3.8, 4) is 10.6 Å². The van der Waals surface area contributed by atoms with Gasteiger partial charge >= 0.3 is 0 Å². The smallest absolute Gasteiger partial charge is 0.227 e. The topological polar surface area (TPSA) is 50.7 Å². The molecule has 0 aliphatic carbocycles. The second kappa shape index (κ2) is 6.33. The molecule has 1 aromatic carbocycles. The van der Waals surface area contributed by atoms with E-state index in [0.717, 1.165) is 26.9 Å². The Morgan fingerprint density at radius 3 is 2.68 bits per heavy atom. The molecule has 0 unspecified atom stereocenters. The van der Waals surface area contributed by atoms with Gasteiger partial charge in [-0.2, -0.15) is 0 Å². The summed E-state index contributed by atoms with van der Waals surface area (Å²) in [6.07, 6.45) is 1.78. The molecule has 0 aliphatic heterocycles. The molecule has 0 radical (unpaired) electrons. The second-order valence-electron chi connectivity index (χ2n) is 5.00. The van der Waals surface area contributed by atoms with E-state index in [4.69, 9.17) is 0 Å². The summed E-state index contributed by atoms with van der Waals surface area (Å²) < 4.78 is 1.22.